The monoisotopic (exact) mass is 375 g/mol. The van der Waals surface area contributed by atoms with E-state index in [-0.39, 0.29) is 25.9 Å². The maximum Gasteiger partial charge on any atom is 0.391 e. The van der Waals surface area contributed by atoms with E-state index >= 15 is 0 Å². The summed E-state index contributed by atoms with van der Waals surface area (Å²) in [4.78, 5) is 25.4. The van der Waals surface area contributed by atoms with Crippen LogP contribution in [0, 0.1) is 5.82 Å². The minimum Gasteiger partial charge on any atom is -0.354 e. The predicted molar refractivity (Wildman–Crippen MR) is 86.5 cm³/mol. The molecule has 1 fully saturated rings. The number of carbonyl (C=O) groups is 2. The van der Waals surface area contributed by atoms with Crippen molar-refractivity contribution in [1.82, 2.24) is 10.2 Å². The maximum atomic E-state index is 13.7. The van der Waals surface area contributed by atoms with Crippen LogP contribution in [0.4, 0.5) is 17.6 Å². The van der Waals surface area contributed by atoms with E-state index in [2.05, 4.69) is 5.32 Å². The van der Waals surface area contributed by atoms with E-state index in [1.54, 1.807) is 6.07 Å². The standard InChI is InChI=1S/C17H21F4N3O2/c18-13-5-2-1-4-11(13)8-12(22)9-15(25)24-7-3-6-23-16(26)14(24)10-17(19,20)21/h1-2,4-5,12,14H,3,6-10,22H2,(H,23,26)/t12-,14-/m1/s1. The van der Waals surface area contributed by atoms with Gasteiger partial charge in [-0.3, -0.25) is 9.59 Å². The summed E-state index contributed by atoms with van der Waals surface area (Å²) in [7, 11) is 0. The number of rotatable bonds is 5. The van der Waals surface area contributed by atoms with Gasteiger partial charge in [-0.05, 0) is 24.5 Å². The molecule has 0 aliphatic carbocycles. The number of carbonyl (C=O) groups excluding carboxylic acids is 2. The summed E-state index contributed by atoms with van der Waals surface area (Å²) in [6.07, 6.45) is -5.83. The molecule has 0 saturated carbocycles. The number of nitrogens with zero attached hydrogens (tertiary/aromatic N) is 1. The molecule has 1 aromatic carbocycles. The van der Waals surface area contributed by atoms with E-state index < -0.39 is 42.3 Å². The van der Waals surface area contributed by atoms with E-state index in [0.717, 1.165) is 4.90 Å². The first-order valence-electron chi connectivity index (χ1n) is 8.30. The molecule has 1 heterocycles. The molecule has 2 atom stereocenters. The molecule has 9 heteroatoms. The van der Waals surface area contributed by atoms with Crippen LogP contribution >= 0.6 is 0 Å². The van der Waals surface area contributed by atoms with E-state index in [0.29, 0.717) is 12.0 Å². The number of nitrogens with two attached hydrogens (primary N) is 1. The summed E-state index contributed by atoms with van der Waals surface area (Å²) in [6, 6.07) is 3.58. The van der Waals surface area contributed by atoms with Crippen molar-refractivity contribution < 1.29 is 27.2 Å². The average Bonchev–Trinajstić information content (AvgIpc) is 2.70. The topological polar surface area (TPSA) is 75.4 Å². The highest BCUT2D eigenvalue weighted by atomic mass is 19.4. The number of benzene rings is 1. The molecule has 0 radical (unpaired) electrons. The molecule has 0 bridgehead atoms. The lowest BCUT2D eigenvalue weighted by Gasteiger charge is -2.30. The van der Waals surface area contributed by atoms with Crippen molar-refractivity contribution in [3.8, 4) is 0 Å². The van der Waals surface area contributed by atoms with E-state index in [9.17, 15) is 27.2 Å². The van der Waals surface area contributed by atoms with Crippen molar-refractivity contribution in [2.75, 3.05) is 13.1 Å². The summed E-state index contributed by atoms with van der Waals surface area (Å²) >= 11 is 0. The van der Waals surface area contributed by atoms with Crippen LogP contribution in [0.1, 0.15) is 24.8 Å². The SMILES string of the molecule is N[C@@H](CC(=O)N1CCCNC(=O)[C@H]1CC(F)(F)F)Cc1ccccc1F. The van der Waals surface area contributed by atoms with Gasteiger partial charge in [0.2, 0.25) is 11.8 Å². The van der Waals surface area contributed by atoms with Crippen molar-refractivity contribution in [1.29, 1.82) is 0 Å². The second-order valence-electron chi connectivity index (χ2n) is 6.33. The summed E-state index contributed by atoms with van der Waals surface area (Å²) in [5.41, 5.74) is 6.22. The van der Waals surface area contributed by atoms with Crippen LogP contribution in [0.2, 0.25) is 0 Å². The average molecular weight is 375 g/mol. The largest absolute Gasteiger partial charge is 0.391 e. The fourth-order valence-electron chi connectivity index (χ4n) is 2.96. The minimum absolute atomic E-state index is 0.0325. The molecule has 0 unspecified atom stereocenters. The molecule has 1 aromatic rings. The van der Waals surface area contributed by atoms with Gasteiger partial charge in [0.1, 0.15) is 11.9 Å². The molecule has 26 heavy (non-hydrogen) atoms. The van der Waals surface area contributed by atoms with E-state index in [1.807, 2.05) is 0 Å². The first-order chi connectivity index (χ1) is 12.2. The number of halogens is 4. The van der Waals surface area contributed by atoms with Gasteiger partial charge in [-0.1, -0.05) is 18.2 Å². The molecule has 1 aliphatic heterocycles. The lowest BCUT2D eigenvalue weighted by atomic mass is 10.0. The number of hydrogen-bond donors (Lipinski definition) is 2. The Bertz CT molecular complexity index is 651. The smallest absolute Gasteiger partial charge is 0.354 e. The zero-order valence-electron chi connectivity index (χ0n) is 14.1. The molecular formula is C17H21F4N3O2. The summed E-state index contributed by atoms with van der Waals surface area (Å²) in [5, 5.41) is 2.39. The highest BCUT2D eigenvalue weighted by Gasteiger charge is 2.41. The fraction of sp³-hybridized carbons (Fsp3) is 0.529. The summed E-state index contributed by atoms with van der Waals surface area (Å²) < 4.78 is 52.0. The second-order valence-corrected chi connectivity index (χ2v) is 6.33. The highest BCUT2D eigenvalue weighted by molar-refractivity contribution is 5.88. The summed E-state index contributed by atoms with van der Waals surface area (Å²) in [5.74, 6) is -1.92. The minimum atomic E-state index is -4.58. The van der Waals surface area contributed by atoms with Gasteiger partial charge in [0, 0.05) is 25.6 Å². The Hall–Kier alpha value is -2.16. The molecule has 1 aliphatic rings. The molecule has 144 valence electrons. The third-order valence-electron chi connectivity index (χ3n) is 4.18. The van der Waals surface area contributed by atoms with Gasteiger partial charge in [-0.15, -0.1) is 0 Å². The third-order valence-corrected chi connectivity index (χ3v) is 4.18. The van der Waals surface area contributed by atoms with Gasteiger partial charge in [0.25, 0.3) is 0 Å². The molecule has 2 rings (SSSR count). The van der Waals surface area contributed by atoms with Crippen LogP contribution in [0.15, 0.2) is 24.3 Å². The number of hydrogen-bond acceptors (Lipinski definition) is 3. The van der Waals surface area contributed by atoms with Gasteiger partial charge in [-0.25, -0.2) is 4.39 Å². The van der Waals surface area contributed by atoms with Crippen LogP contribution in [0.3, 0.4) is 0 Å². The Morgan fingerprint density at radius 1 is 1.35 bits per heavy atom. The van der Waals surface area contributed by atoms with Crippen molar-refractivity contribution in [2.45, 2.75) is 43.9 Å². The van der Waals surface area contributed by atoms with Crippen molar-refractivity contribution in [3.63, 3.8) is 0 Å². The Morgan fingerprint density at radius 2 is 2.04 bits per heavy atom. The first-order valence-corrected chi connectivity index (χ1v) is 8.30. The Morgan fingerprint density at radius 3 is 2.69 bits per heavy atom. The molecule has 5 nitrogen and oxygen atoms in total. The van der Waals surface area contributed by atoms with Gasteiger partial charge < -0.3 is 16.0 Å². The molecule has 0 aromatic heterocycles. The van der Waals surface area contributed by atoms with E-state index in [1.165, 1.54) is 18.2 Å². The molecule has 2 amide bonds. The molecular weight excluding hydrogens is 354 g/mol. The van der Waals surface area contributed by atoms with Crippen LogP contribution < -0.4 is 11.1 Å². The normalized spacial score (nSPS) is 19.7. The van der Waals surface area contributed by atoms with Gasteiger partial charge >= 0.3 is 6.18 Å². The maximum absolute atomic E-state index is 13.7. The van der Waals surface area contributed by atoms with Gasteiger partial charge in [0.05, 0.1) is 6.42 Å². The predicted octanol–water partition coefficient (Wildman–Crippen LogP) is 1.76. The van der Waals surface area contributed by atoms with Crippen LogP contribution in [-0.2, 0) is 16.0 Å². The molecule has 0 spiro atoms. The zero-order valence-corrected chi connectivity index (χ0v) is 14.1. The van der Waals surface area contributed by atoms with Crippen LogP contribution in [0.5, 0.6) is 0 Å². The zero-order chi connectivity index (χ0) is 19.3. The number of nitrogens with one attached hydrogen (secondary N) is 1. The van der Waals surface area contributed by atoms with Crippen LogP contribution in [0.25, 0.3) is 0 Å². The Kier molecular flexibility index (Phi) is 6.57. The van der Waals surface area contributed by atoms with Crippen molar-refractivity contribution >= 4 is 11.8 Å². The lowest BCUT2D eigenvalue weighted by molar-refractivity contribution is -0.161. The van der Waals surface area contributed by atoms with E-state index in [4.69, 9.17) is 5.73 Å². The third kappa shape index (κ3) is 5.69. The Balaban J connectivity index is 2.06. The fourth-order valence-corrected chi connectivity index (χ4v) is 2.96. The quantitative estimate of drug-likeness (QED) is 0.770. The molecule has 3 N–H and O–H groups in total. The first kappa shape index (κ1) is 20.2. The molecule has 1 saturated heterocycles. The second kappa shape index (κ2) is 8.48. The van der Waals surface area contributed by atoms with Crippen molar-refractivity contribution in [2.24, 2.45) is 5.73 Å². The number of amides is 2. The van der Waals surface area contributed by atoms with Gasteiger partial charge in [0.15, 0.2) is 0 Å². The summed E-state index contributed by atoms with van der Waals surface area (Å²) in [6.45, 7) is 0.239. The van der Waals surface area contributed by atoms with Crippen LogP contribution in [-0.4, -0.2) is 48.1 Å². The highest BCUT2D eigenvalue weighted by Crippen LogP contribution is 2.26. The number of alkyl halides is 3. The Labute approximate surface area is 148 Å². The van der Waals surface area contributed by atoms with Gasteiger partial charge in [-0.2, -0.15) is 13.2 Å². The lowest BCUT2D eigenvalue weighted by Crippen LogP contribution is -2.50. The van der Waals surface area contributed by atoms with Crippen molar-refractivity contribution in [3.05, 3.63) is 35.6 Å².